The second kappa shape index (κ2) is 4.79. The number of esters is 1. The zero-order chi connectivity index (χ0) is 8.85. The Bertz CT molecular complexity index is 178. The van der Waals surface area contributed by atoms with E-state index in [1.54, 1.807) is 0 Å². The molecule has 0 aliphatic heterocycles. The zero-order valence-corrected chi connectivity index (χ0v) is 6.71. The highest BCUT2D eigenvalue weighted by Gasteiger charge is 2.19. The molecule has 0 aromatic heterocycles. The minimum absolute atomic E-state index is 0.213. The number of aliphatic carboxylic acids is 1. The van der Waals surface area contributed by atoms with Crippen molar-refractivity contribution in [3.05, 3.63) is 0 Å². The SMILES string of the molecule is CC(=O)OC(CP=O)C(=O)O. The second-order valence-corrected chi connectivity index (χ2v) is 2.37. The van der Waals surface area contributed by atoms with Crippen LogP contribution in [-0.4, -0.2) is 29.3 Å². The van der Waals surface area contributed by atoms with Crippen LogP contribution in [0.5, 0.6) is 0 Å². The quantitative estimate of drug-likeness (QED) is 0.494. The minimum atomic E-state index is -1.30. The topological polar surface area (TPSA) is 80.7 Å². The molecule has 62 valence electrons. The molecule has 0 heterocycles. The van der Waals surface area contributed by atoms with E-state index < -0.39 is 18.0 Å². The first-order valence-electron chi connectivity index (χ1n) is 2.77. The lowest BCUT2D eigenvalue weighted by Gasteiger charge is -2.07. The number of carboxylic acid groups (broad SMARTS) is 1. The van der Waals surface area contributed by atoms with Crippen molar-refractivity contribution in [1.29, 1.82) is 0 Å². The van der Waals surface area contributed by atoms with Gasteiger partial charge in [-0.1, -0.05) is 0 Å². The van der Waals surface area contributed by atoms with Crippen LogP contribution in [0.1, 0.15) is 6.92 Å². The van der Waals surface area contributed by atoms with Crippen LogP contribution >= 0.6 is 8.46 Å². The molecule has 0 spiro atoms. The fraction of sp³-hybridized carbons (Fsp3) is 0.600. The van der Waals surface area contributed by atoms with E-state index in [9.17, 15) is 14.2 Å². The summed E-state index contributed by atoms with van der Waals surface area (Å²) in [4.78, 5) is 20.4. The number of carboxylic acids is 1. The Hall–Kier alpha value is -0.960. The first kappa shape index (κ1) is 10.0. The molecule has 0 fully saturated rings. The Morgan fingerprint density at radius 1 is 1.64 bits per heavy atom. The number of hydrogen-bond donors (Lipinski definition) is 1. The Morgan fingerprint density at radius 2 is 2.18 bits per heavy atom. The first-order valence-corrected chi connectivity index (χ1v) is 3.77. The van der Waals surface area contributed by atoms with Crippen LogP contribution in [0, 0.1) is 0 Å². The van der Waals surface area contributed by atoms with Crippen LogP contribution in [0.2, 0.25) is 0 Å². The Labute approximate surface area is 64.5 Å². The molecule has 0 aromatic carbocycles. The fourth-order valence-electron chi connectivity index (χ4n) is 0.434. The third-order valence-corrected chi connectivity index (χ3v) is 1.30. The maximum atomic E-state index is 10.2. The summed E-state index contributed by atoms with van der Waals surface area (Å²) in [6.07, 6.45) is -1.51. The molecule has 0 radical (unpaired) electrons. The van der Waals surface area contributed by atoms with Gasteiger partial charge in [-0.05, 0) is 0 Å². The number of ether oxygens (including phenoxy) is 1. The summed E-state index contributed by atoms with van der Waals surface area (Å²) < 4.78 is 14.3. The van der Waals surface area contributed by atoms with Gasteiger partial charge in [0.1, 0.15) is 0 Å². The summed E-state index contributed by atoms with van der Waals surface area (Å²) >= 11 is 0. The zero-order valence-electron chi connectivity index (χ0n) is 5.81. The molecular formula is C5H7O5P. The van der Waals surface area contributed by atoms with E-state index in [2.05, 4.69) is 4.74 Å². The summed E-state index contributed by atoms with van der Waals surface area (Å²) in [6, 6.07) is 0. The van der Waals surface area contributed by atoms with Crippen LogP contribution < -0.4 is 0 Å². The molecule has 0 bridgehead atoms. The molecular weight excluding hydrogens is 171 g/mol. The van der Waals surface area contributed by atoms with Crippen molar-refractivity contribution >= 4 is 20.4 Å². The molecule has 0 aliphatic carbocycles. The van der Waals surface area contributed by atoms with Gasteiger partial charge in [0.05, 0.1) is 6.16 Å². The molecule has 0 saturated heterocycles. The smallest absolute Gasteiger partial charge is 0.345 e. The van der Waals surface area contributed by atoms with E-state index >= 15 is 0 Å². The largest absolute Gasteiger partial charge is 0.478 e. The third-order valence-electron chi connectivity index (χ3n) is 0.824. The monoisotopic (exact) mass is 178 g/mol. The van der Waals surface area contributed by atoms with Gasteiger partial charge in [0.15, 0.2) is 8.46 Å². The average molecular weight is 178 g/mol. The highest BCUT2D eigenvalue weighted by molar-refractivity contribution is 7.23. The van der Waals surface area contributed by atoms with E-state index in [1.165, 1.54) is 0 Å². The summed E-state index contributed by atoms with van der Waals surface area (Å²) in [5.74, 6) is -1.98. The van der Waals surface area contributed by atoms with Gasteiger partial charge in [-0.25, -0.2) is 4.79 Å². The Morgan fingerprint density at radius 3 is 2.45 bits per heavy atom. The molecule has 1 atom stereocenters. The molecule has 0 aromatic rings. The molecule has 0 saturated carbocycles. The maximum Gasteiger partial charge on any atom is 0.345 e. The summed E-state index contributed by atoms with van der Waals surface area (Å²) in [7, 11) is -0.353. The van der Waals surface area contributed by atoms with Gasteiger partial charge in [-0.15, -0.1) is 0 Å². The highest BCUT2D eigenvalue weighted by Crippen LogP contribution is 2.01. The van der Waals surface area contributed by atoms with Crippen molar-refractivity contribution in [2.45, 2.75) is 13.0 Å². The molecule has 11 heavy (non-hydrogen) atoms. The van der Waals surface area contributed by atoms with Gasteiger partial charge in [-0.2, -0.15) is 0 Å². The van der Waals surface area contributed by atoms with Crippen molar-refractivity contribution in [2.24, 2.45) is 0 Å². The Balaban J connectivity index is 3.99. The molecule has 1 N–H and O–H groups in total. The minimum Gasteiger partial charge on any atom is -0.478 e. The third kappa shape index (κ3) is 4.44. The van der Waals surface area contributed by atoms with E-state index in [0.29, 0.717) is 0 Å². The Kier molecular flexibility index (Phi) is 4.38. The molecule has 0 aliphatic rings. The van der Waals surface area contributed by atoms with Crippen molar-refractivity contribution in [1.82, 2.24) is 0 Å². The summed E-state index contributed by atoms with van der Waals surface area (Å²) in [6.45, 7) is 1.09. The standard InChI is InChI=1S/C5H7O5P/c1-3(6)10-4(2-11-9)5(7)8/h4H,2H2,1H3,(H,7,8). The van der Waals surface area contributed by atoms with Gasteiger partial charge in [-0.3, -0.25) is 9.36 Å². The van der Waals surface area contributed by atoms with Crippen LogP contribution in [0.3, 0.4) is 0 Å². The summed E-state index contributed by atoms with van der Waals surface area (Å²) in [5, 5.41) is 8.33. The molecule has 0 rings (SSSR count). The van der Waals surface area contributed by atoms with Crippen LogP contribution in [0.4, 0.5) is 0 Å². The lowest BCUT2D eigenvalue weighted by Crippen LogP contribution is -2.27. The number of hydrogen-bond acceptors (Lipinski definition) is 4. The molecule has 1 unspecified atom stereocenters. The van der Waals surface area contributed by atoms with Crippen LogP contribution in [0.15, 0.2) is 0 Å². The van der Waals surface area contributed by atoms with E-state index in [0.717, 1.165) is 6.92 Å². The van der Waals surface area contributed by atoms with Gasteiger partial charge in [0.2, 0.25) is 6.10 Å². The van der Waals surface area contributed by atoms with E-state index in [4.69, 9.17) is 5.11 Å². The second-order valence-electron chi connectivity index (χ2n) is 1.75. The van der Waals surface area contributed by atoms with Crippen molar-refractivity contribution < 1.29 is 24.0 Å². The number of carbonyl (C=O) groups excluding carboxylic acids is 1. The average Bonchev–Trinajstić information content (AvgIpc) is 1.86. The van der Waals surface area contributed by atoms with E-state index in [-0.39, 0.29) is 14.6 Å². The lowest BCUT2D eigenvalue weighted by molar-refractivity contribution is -0.160. The predicted molar refractivity (Wildman–Crippen MR) is 35.7 cm³/mol. The van der Waals surface area contributed by atoms with E-state index in [1.807, 2.05) is 0 Å². The molecule has 5 nitrogen and oxygen atoms in total. The number of rotatable bonds is 4. The van der Waals surface area contributed by atoms with Crippen molar-refractivity contribution in [3.8, 4) is 0 Å². The highest BCUT2D eigenvalue weighted by atomic mass is 31.1. The lowest BCUT2D eigenvalue weighted by atomic mass is 10.4. The van der Waals surface area contributed by atoms with Gasteiger partial charge < -0.3 is 9.84 Å². The molecule has 0 amide bonds. The predicted octanol–water partition coefficient (Wildman–Crippen LogP) is 0.294. The molecule has 6 heteroatoms. The van der Waals surface area contributed by atoms with Gasteiger partial charge >= 0.3 is 11.9 Å². The number of carbonyl (C=O) groups is 2. The van der Waals surface area contributed by atoms with Crippen molar-refractivity contribution in [3.63, 3.8) is 0 Å². The van der Waals surface area contributed by atoms with Gasteiger partial charge in [0, 0.05) is 6.92 Å². The van der Waals surface area contributed by atoms with Crippen LogP contribution in [0.25, 0.3) is 0 Å². The fourth-order valence-corrected chi connectivity index (χ4v) is 0.800. The van der Waals surface area contributed by atoms with Crippen LogP contribution in [-0.2, 0) is 18.9 Å². The summed E-state index contributed by atoms with van der Waals surface area (Å²) in [5.41, 5.74) is 0. The van der Waals surface area contributed by atoms with Gasteiger partial charge in [0.25, 0.3) is 0 Å². The first-order chi connectivity index (χ1) is 5.07. The maximum absolute atomic E-state index is 10.2. The van der Waals surface area contributed by atoms with Crippen molar-refractivity contribution in [2.75, 3.05) is 6.16 Å². The normalized spacial score (nSPS) is 12.5.